The first-order chi connectivity index (χ1) is 20.4. The van der Waals surface area contributed by atoms with Gasteiger partial charge in [0.05, 0.1) is 19.8 Å². The van der Waals surface area contributed by atoms with Gasteiger partial charge in [-0.2, -0.15) is 0 Å². The lowest BCUT2D eigenvalue weighted by molar-refractivity contribution is -0.154. The third-order valence-corrected chi connectivity index (χ3v) is 7.86. The lowest BCUT2D eigenvalue weighted by Crippen LogP contribution is -2.28. The van der Waals surface area contributed by atoms with Gasteiger partial charge in [0.1, 0.15) is 6.10 Å². The fraction of sp³-hybridized carbons (Fsp3) is 0.848. The molecule has 0 saturated heterocycles. The van der Waals surface area contributed by atoms with E-state index in [2.05, 4.69) is 38.2 Å². The van der Waals surface area contributed by atoms with Gasteiger partial charge in [-0.1, -0.05) is 115 Å². The number of hydrogen-bond donors (Lipinski definition) is 2. The number of esters is 1. The molecule has 0 saturated carbocycles. The summed E-state index contributed by atoms with van der Waals surface area (Å²) in [5.74, 6) is -0.357. The Hall–Kier alpha value is -1.02. The first-order valence-electron chi connectivity index (χ1n) is 16.8. The number of carbonyl (C=O) groups is 1. The average Bonchev–Trinajstić information content (AvgIpc) is 2.97. The van der Waals surface area contributed by atoms with E-state index in [0.29, 0.717) is 13.0 Å². The number of hydrogen-bond acceptors (Lipinski definition) is 7. The zero-order valence-corrected chi connectivity index (χ0v) is 27.9. The minimum atomic E-state index is -4.25. The van der Waals surface area contributed by atoms with Crippen LogP contribution >= 0.6 is 7.82 Å². The van der Waals surface area contributed by atoms with Crippen LogP contribution in [0.25, 0.3) is 0 Å². The molecule has 0 aromatic rings. The van der Waals surface area contributed by atoms with Gasteiger partial charge in [-0.15, -0.1) is 0 Å². The van der Waals surface area contributed by atoms with Crippen molar-refractivity contribution in [2.24, 2.45) is 5.73 Å². The minimum Gasteiger partial charge on any atom is -0.457 e. The van der Waals surface area contributed by atoms with E-state index < -0.39 is 13.9 Å². The summed E-state index contributed by atoms with van der Waals surface area (Å²) in [4.78, 5) is 21.9. The quantitative estimate of drug-likeness (QED) is 0.0332. The molecule has 0 bridgehead atoms. The molecule has 248 valence electrons. The Morgan fingerprint density at radius 2 is 1.26 bits per heavy atom. The summed E-state index contributed by atoms with van der Waals surface area (Å²) in [7, 11) is -4.25. The molecule has 42 heavy (non-hydrogen) atoms. The van der Waals surface area contributed by atoms with Crippen molar-refractivity contribution in [1.82, 2.24) is 0 Å². The Kier molecular flexibility index (Phi) is 30.6. The lowest BCUT2D eigenvalue weighted by atomic mass is 10.1. The number of unbranched alkanes of at least 4 members (excludes halogenated alkanes) is 15. The van der Waals surface area contributed by atoms with Gasteiger partial charge in [0.25, 0.3) is 0 Å². The predicted molar refractivity (Wildman–Crippen MR) is 173 cm³/mol. The Morgan fingerprint density at radius 1 is 0.714 bits per heavy atom. The fourth-order valence-corrected chi connectivity index (χ4v) is 5.14. The second-order valence-electron chi connectivity index (χ2n) is 11.0. The zero-order valence-electron chi connectivity index (χ0n) is 27.0. The Labute approximate surface area is 257 Å². The number of phosphoric acid groups is 1. The average molecular weight is 618 g/mol. The molecule has 0 aromatic heterocycles. The second-order valence-corrected chi connectivity index (χ2v) is 12.5. The molecule has 0 aliphatic rings. The Bertz CT molecular complexity index is 702. The summed E-state index contributed by atoms with van der Waals surface area (Å²) in [5, 5.41) is 0. The molecule has 0 aromatic carbocycles. The van der Waals surface area contributed by atoms with E-state index in [0.717, 1.165) is 38.5 Å². The summed E-state index contributed by atoms with van der Waals surface area (Å²) in [5.41, 5.74) is 5.30. The third kappa shape index (κ3) is 30.4. The molecule has 2 unspecified atom stereocenters. The smallest absolute Gasteiger partial charge is 0.457 e. The first-order valence-corrected chi connectivity index (χ1v) is 18.3. The Morgan fingerprint density at radius 3 is 1.86 bits per heavy atom. The third-order valence-electron chi connectivity index (χ3n) is 6.87. The van der Waals surface area contributed by atoms with E-state index in [-0.39, 0.29) is 32.3 Å². The molecule has 3 N–H and O–H groups in total. The number of allylic oxidation sites excluding steroid dienone is 4. The zero-order chi connectivity index (χ0) is 31.0. The minimum absolute atomic E-state index is 0.0959. The highest BCUT2D eigenvalue weighted by Crippen LogP contribution is 2.43. The molecule has 0 aliphatic heterocycles. The van der Waals surface area contributed by atoms with E-state index >= 15 is 0 Å². The van der Waals surface area contributed by atoms with Crippen molar-refractivity contribution < 1.29 is 32.8 Å². The summed E-state index contributed by atoms with van der Waals surface area (Å²) in [6.07, 6.45) is 31.3. The van der Waals surface area contributed by atoms with Crippen molar-refractivity contribution in [3.05, 3.63) is 24.3 Å². The standard InChI is InChI=1S/C33H64NO7P/c1-3-5-7-8-9-10-11-12-13-14-15-16-17-18-19-20-21-22-23-25-28-38-30-32(41-33(35)26-24-6-4-2)31-40-42(36,37)39-29-27-34/h9-10,12-13,32H,3-8,11,14-31,34H2,1-2H3,(H,36,37)/b10-9-,13-12-. The number of phosphoric ester groups is 1. The molecule has 2 atom stereocenters. The van der Waals surface area contributed by atoms with Crippen LogP contribution in [0, 0.1) is 0 Å². The van der Waals surface area contributed by atoms with Gasteiger partial charge in [0.15, 0.2) is 0 Å². The molecule has 9 heteroatoms. The van der Waals surface area contributed by atoms with Crippen LogP contribution in [0.3, 0.4) is 0 Å². The molecular weight excluding hydrogens is 553 g/mol. The van der Waals surface area contributed by atoms with Crippen molar-refractivity contribution in [2.75, 3.05) is 33.0 Å². The number of nitrogens with two attached hydrogens (primary N) is 1. The van der Waals surface area contributed by atoms with Crippen LogP contribution in [-0.4, -0.2) is 49.9 Å². The van der Waals surface area contributed by atoms with Crippen LogP contribution in [0.5, 0.6) is 0 Å². The molecule has 0 radical (unpaired) electrons. The highest BCUT2D eigenvalue weighted by Gasteiger charge is 2.25. The maximum absolute atomic E-state index is 12.1. The number of ether oxygens (including phenoxy) is 2. The van der Waals surface area contributed by atoms with Gasteiger partial charge in [0.2, 0.25) is 0 Å². The molecule has 0 fully saturated rings. The molecule has 0 aliphatic carbocycles. The van der Waals surface area contributed by atoms with Crippen LogP contribution in [0.1, 0.15) is 142 Å². The van der Waals surface area contributed by atoms with Gasteiger partial charge in [0, 0.05) is 19.6 Å². The van der Waals surface area contributed by atoms with E-state index in [9.17, 15) is 14.3 Å². The van der Waals surface area contributed by atoms with E-state index in [4.69, 9.17) is 24.3 Å². The van der Waals surface area contributed by atoms with Crippen LogP contribution in [0.4, 0.5) is 0 Å². The summed E-state index contributed by atoms with van der Waals surface area (Å²) in [6, 6.07) is 0. The van der Waals surface area contributed by atoms with Gasteiger partial charge in [-0.3, -0.25) is 13.8 Å². The molecule has 0 heterocycles. The van der Waals surface area contributed by atoms with Crippen molar-refractivity contribution in [2.45, 2.75) is 148 Å². The monoisotopic (exact) mass is 617 g/mol. The fourth-order valence-electron chi connectivity index (χ4n) is 4.38. The molecular formula is C33H64NO7P. The van der Waals surface area contributed by atoms with E-state index in [1.54, 1.807) is 0 Å². The van der Waals surface area contributed by atoms with Gasteiger partial charge in [-0.25, -0.2) is 4.57 Å². The number of rotatable bonds is 32. The predicted octanol–water partition coefficient (Wildman–Crippen LogP) is 8.96. The van der Waals surface area contributed by atoms with Gasteiger partial charge < -0.3 is 20.1 Å². The van der Waals surface area contributed by atoms with E-state index in [1.807, 2.05) is 0 Å². The lowest BCUT2D eigenvalue weighted by Gasteiger charge is -2.20. The molecule has 0 spiro atoms. The van der Waals surface area contributed by atoms with Gasteiger partial charge in [-0.05, 0) is 44.9 Å². The van der Waals surface area contributed by atoms with Crippen molar-refractivity contribution in [3.8, 4) is 0 Å². The molecule has 8 nitrogen and oxygen atoms in total. The first kappa shape index (κ1) is 41.0. The summed E-state index contributed by atoms with van der Waals surface area (Å²) >= 11 is 0. The Balaban J connectivity index is 3.81. The van der Waals surface area contributed by atoms with Crippen LogP contribution in [-0.2, 0) is 27.9 Å². The summed E-state index contributed by atoms with van der Waals surface area (Å²) in [6.45, 7) is 4.70. The normalized spacial score (nSPS) is 14.1. The topological polar surface area (TPSA) is 117 Å². The van der Waals surface area contributed by atoms with Crippen LogP contribution in [0.15, 0.2) is 24.3 Å². The van der Waals surface area contributed by atoms with Crippen LogP contribution < -0.4 is 5.73 Å². The maximum atomic E-state index is 12.1. The molecule has 0 amide bonds. The molecule has 0 rings (SSSR count). The largest absolute Gasteiger partial charge is 0.472 e. The van der Waals surface area contributed by atoms with Crippen molar-refractivity contribution >= 4 is 13.8 Å². The number of carbonyl (C=O) groups excluding carboxylic acids is 1. The van der Waals surface area contributed by atoms with Gasteiger partial charge >= 0.3 is 13.8 Å². The highest BCUT2D eigenvalue weighted by molar-refractivity contribution is 7.47. The second kappa shape index (κ2) is 31.4. The highest BCUT2D eigenvalue weighted by atomic mass is 31.2. The van der Waals surface area contributed by atoms with Crippen molar-refractivity contribution in [1.29, 1.82) is 0 Å². The maximum Gasteiger partial charge on any atom is 0.472 e. The van der Waals surface area contributed by atoms with E-state index in [1.165, 1.54) is 83.5 Å². The SMILES string of the molecule is CCCCC/C=C\C/C=C\CCCCCCCCCCCCOCC(COP(=O)(O)OCCN)OC(=O)CCCCC. The van der Waals surface area contributed by atoms with Crippen LogP contribution in [0.2, 0.25) is 0 Å². The summed E-state index contributed by atoms with van der Waals surface area (Å²) < 4.78 is 32.8. The van der Waals surface area contributed by atoms with Crippen molar-refractivity contribution in [3.63, 3.8) is 0 Å².